The molecule has 0 spiro atoms. The van der Waals surface area contributed by atoms with Crippen LogP contribution in [0.3, 0.4) is 0 Å². The second kappa shape index (κ2) is 4.78. The number of amides is 2. The van der Waals surface area contributed by atoms with Gasteiger partial charge in [-0.15, -0.1) is 0 Å². The van der Waals surface area contributed by atoms with E-state index in [-0.39, 0.29) is 36.4 Å². The fourth-order valence-electron chi connectivity index (χ4n) is 4.04. The van der Waals surface area contributed by atoms with Crippen LogP contribution >= 0.6 is 0 Å². The van der Waals surface area contributed by atoms with Gasteiger partial charge in [-0.25, -0.2) is 0 Å². The highest BCUT2D eigenvalue weighted by Crippen LogP contribution is 2.34. The average Bonchev–Trinajstić information content (AvgIpc) is 2.94. The quantitative estimate of drug-likeness (QED) is 0.776. The monoisotopic (exact) mass is 265 g/mol. The number of carbonyl (C=O) groups excluding carboxylic acids is 2. The average molecular weight is 265 g/mol. The zero-order valence-corrected chi connectivity index (χ0v) is 11.8. The van der Waals surface area contributed by atoms with E-state index in [1.54, 1.807) is 0 Å². The third-order valence-electron chi connectivity index (χ3n) is 4.83. The molecule has 3 aliphatic rings. The first-order valence-corrected chi connectivity index (χ1v) is 7.42. The van der Waals surface area contributed by atoms with Gasteiger partial charge in [0.25, 0.3) is 0 Å². The van der Waals surface area contributed by atoms with Crippen LogP contribution in [0.4, 0.5) is 0 Å². The number of hydrogen-bond donors (Lipinski definition) is 1. The Labute approximate surface area is 114 Å². The zero-order valence-electron chi connectivity index (χ0n) is 11.8. The predicted octanol–water partition coefficient (Wildman–Crippen LogP) is 0.206. The standard InChI is InChI=1S/C14H23N3O2/c1-9(2)13-14(19)15-8-12(18)17(13)11-5-7-16-6-3-4-10(11)16/h9-11,13H,3-8H2,1-2H3,(H,15,19). The number of nitrogens with one attached hydrogen (secondary N) is 1. The van der Waals surface area contributed by atoms with Crippen molar-refractivity contribution in [3.63, 3.8) is 0 Å². The van der Waals surface area contributed by atoms with Crippen molar-refractivity contribution in [2.45, 2.75) is 51.2 Å². The largest absolute Gasteiger partial charge is 0.345 e. The molecular formula is C14H23N3O2. The smallest absolute Gasteiger partial charge is 0.243 e. The lowest BCUT2D eigenvalue weighted by Gasteiger charge is -2.42. The topological polar surface area (TPSA) is 52.7 Å². The molecule has 106 valence electrons. The Balaban J connectivity index is 1.87. The Morgan fingerprint density at radius 2 is 1.95 bits per heavy atom. The Morgan fingerprint density at radius 1 is 1.16 bits per heavy atom. The lowest BCUT2D eigenvalue weighted by Crippen LogP contribution is -2.64. The van der Waals surface area contributed by atoms with Crippen molar-refractivity contribution in [3.05, 3.63) is 0 Å². The molecule has 1 N–H and O–H groups in total. The first kappa shape index (κ1) is 12.9. The summed E-state index contributed by atoms with van der Waals surface area (Å²) in [7, 11) is 0. The molecule has 0 bridgehead atoms. The molecule has 0 radical (unpaired) electrons. The number of carbonyl (C=O) groups is 2. The molecule has 19 heavy (non-hydrogen) atoms. The van der Waals surface area contributed by atoms with Crippen LogP contribution in [0, 0.1) is 5.92 Å². The molecule has 3 unspecified atom stereocenters. The second-order valence-electron chi connectivity index (χ2n) is 6.31. The number of piperazine rings is 1. The summed E-state index contributed by atoms with van der Waals surface area (Å²) in [6.45, 7) is 6.45. The van der Waals surface area contributed by atoms with E-state index in [1.165, 1.54) is 12.8 Å². The number of fused-ring (bicyclic) bond motifs is 1. The summed E-state index contributed by atoms with van der Waals surface area (Å²) in [4.78, 5) is 28.8. The zero-order chi connectivity index (χ0) is 13.6. The van der Waals surface area contributed by atoms with E-state index in [0.29, 0.717) is 6.04 Å². The summed E-state index contributed by atoms with van der Waals surface area (Å²) in [5.41, 5.74) is 0. The molecule has 0 saturated carbocycles. The molecule has 0 aliphatic carbocycles. The summed E-state index contributed by atoms with van der Waals surface area (Å²) in [6, 6.07) is 0.441. The second-order valence-corrected chi connectivity index (χ2v) is 6.31. The molecule has 3 atom stereocenters. The van der Waals surface area contributed by atoms with Gasteiger partial charge in [-0.3, -0.25) is 14.5 Å². The van der Waals surface area contributed by atoms with Gasteiger partial charge in [-0.1, -0.05) is 13.8 Å². The molecule has 3 heterocycles. The van der Waals surface area contributed by atoms with E-state index in [2.05, 4.69) is 10.2 Å². The summed E-state index contributed by atoms with van der Waals surface area (Å²) in [6.07, 6.45) is 3.41. The normalized spacial score (nSPS) is 35.9. The van der Waals surface area contributed by atoms with Gasteiger partial charge in [-0.05, 0) is 31.7 Å². The van der Waals surface area contributed by atoms with Crippen molar-refractivity contribution >= 4 is 11.8 Å². The molecular weight excluding hydrogens is 242 g/mol. The first-order chi connectivity index (χ1) is 9.09. The number of nitrogens with zero attached hydrogens (tertiary/aromatic N) is 2. The molecule has 3 rings (SSSR count). The van der Waals surface area contributed by atoms with Crippen LogP contribution in [0.2, 0.25) is 0 Å². The third kappa shape index (κ3) is 2.04. The van der Waals surface area contributed by atoms with Crippen molar-refractivity contribution in [3.8, 4) is 0 Å². The van der Waals surface area contributed by atoms with Crippen LogP contribution in [-0.2, 0) is 9.59 Å². The van der Waals surface area contributed by atoms with E-state index in [1.807, 2.05) is 18.7 Å². The van der Waals surface area contributed by atoms with Crippen LogP contribution in [0.1, 0.15) is 33.1 Å². The molecule has 0 aromatic carbocycles. The maximum Gasteiger partial charge on any atom is 0.243 e. The van der Waals surface area contributed by atoms with E-state index in [9.17, 15) is 9.59 Å². The van der Waals surface area contributed by atoms with Gasteiger partial charge in [0.2, 0.25) is 11.8 Å². The highest BCUT2D eigenvalue weighted by atomic mass is 16.2. The summed E-state index contributed by atoms with van der Waals surface area (Å²) in [5, 5.41) is 2.73. The molecule has 0 aromatic heterocycles. The van der Waals surface area contributed by atoms with Gasteiger partial charge in [0.15, 0.2) is 0 Å². The molecule has 5 heteroatoms. The van der Waals surface area contributed by atoms with Gasteiger partial charge >= 0.3 is 0 Å². The Kier molecular flexibility index (Phi) is 3.25. The van der Waals surface area contributed by atoms with Crippen LogP contribution in [0.5, 0.6) is 0 Å². The minimum atomic E-state index is -0.285. The van der Waals surface area contributed by atoms with Crippen LogP contribution in [0.25, 0.3) is 0 Å². The van der Waals surface area contributed by atoms with Gasteiger partial charge in [0.05, 0.1) is 6.54 Å². The number of hydrogen-bond acceptors (Lipinski definition) is 3. The Hall–Kier alpha value is -1.10. The van der Waals surface area contributed by atoms with Crippen molar-refractivity contribution in [1.29, 1.82) is 0 Å². The maximum atomic E-state index is 12.3. The van der Waals surface area contributed by atoms with E-state index >= 15 is 0 Å². The van der Waals surface area contributed by atoms with E-state index in [0.717, 1.165) is 19.5 Å². The van der Waals surface area contributed by atoms with Crippen LogP contribution < -0.4 is 5.32 Å². The summed E-state index contributed by atoms with van der Waals surface area (Å²) < 4.78 is 0. The third-order valence-corrected chi connectivity index (χ3v) is 4.83. The predicted molar refractivity (Wildman–Crippen MR) is 71.5 cm³/mol. The summed E-state index contributed by atoms with van der Waals surface area (Å²) in [5.74, 6) is 0.280. The van der Waals surface area contributed by atoms with Gasteiger partial charge in [0.1, 0.15) is 6.04 Å². The Bertz CT molecular complexity index is 396. The molecule has 0 aromatic rings. The lowest BCUT2D eigenvalue weighted by molar-refractivity contribution is -0.150. The molecule has 2 amide bonds. The SMILES string of the molecule is CC(C)C1C(=O)NCC(=O)N1C1CCN2CCCC12. The highest BCUT2D eigenvalue weighted by molar-refractivity contribution is 5.95. The minimum Gasteiger partial charge on any atom is -0.345 e. The van der Waals surface area contributed by atoms with E-state index in [4.69, 9.17) is 0 Å². The lowest BCUT2D eigenvalue weighted by atomic mass is 9.94. The fourth-order valence-corrected chi connectivity index (χ4v) is 4.04. The molecule has 3 aliphatic heterocycles. The maximum absolute atomic E-state index is 12.3. The molecule has 3 fully saturated rings. The number of rotatable bonds is 2. The van der Waals surface area contributed by atoms with Crippen molar-refractivity contribution in [1.82, 2.24) is 15.1 Å². The van der Waals surface area contributed by atoms with Gasteiger partial charge in [-0.2, -0.15) is 0 Å². The van der Waals surface area contributed by atoms with Crippen molar-refractivity contribution in [2.75, 3.05) is 19.6 Å². The first-order valence-electron chi connectivity index (χ1n) is 7.42. The van der Waals surface area contributed by atoms with Gasteiger partial charge in [0, 0.05) is 18.6 Å². The van der Waals surface area contributed by atoms with Crippen molar-refractivity contribution < 1.29 is 9.59 Å². The highest BCUT2D eigenvalue weighted by Gasteiger charge is 2.47. The Morgan fingerprint density at radius 3 is 2.68 bits per heavy atom. The fraction of sp³-hybridized carbons (Fsp3) is 0.857. The van der Waals surface area contributed by atoms with Crippen LogP contribution in [0.15, 0.2) is 0 Å². The van der Waals surface area contributed by atoms with E-state index < -0.39 is 0 Å². The minimum absolute atomic E-state index is 0.0195. The van der Waals surface area contributed by atoms with Gasteiger partial charge < -0.3 is 10.2 Å². The van der Waals surface area contributed by atoms with Crippen molar-refractivity contribution in [2.24, 2.45) is 5.92 Å². The van der Waals surface area contributed by atoms with Crippen LogP contribution in [-0.4, -0.2) is 59.4 Å². The molecule has 5 nitrogen and oxygen atoms in total. The molecule has 3 saturated heterocycles. The summed E-state index contributed by atoms with van der Waals surface area (Å²) >= 11 is 0.